The predicted octanol–water partition coefficient (Wildman–Crippen LogP) is 5.98. The number of amides is 1. The Morgan fingerprint density at radius 1 is 0.976 bits per heavy atom. The second-order valence-electron chi connectivity index (χ2n) is 10.8. The number of Topliss-reactive ketones (excluding diaryl/α,β-unsaturated/α-hetero) is 1. The van der Waals surface area contributed by atoms with E-state index >= 15 is 0 Å². The zero-order valence-corrected chi connectivity index (χ0v) is 25.7. The van der Waals surface area contributed by atoms with Crippen LogP contribution in [0, 0.1) is 12.8 Å². The number of hydrogen-bond acceptors (Lipinski definition) is 7. The Labute approximate surface area is 244 Å². The molecule has 1 amide bonds. The average molecular weight is 567 g/mol. The fourth-order valence-electron chi connectivity index (χ4n) is 4.95. The Morgan fingerprint density at radius 3 is 2.27 bits per heavy atom. The van der Waals surface area contributed by atoms with Crippen molar-refractivity contribution in [1.29, 1.82) is 0 Å². The summed E-state index contributed by atoms with van der Waals surface area (Å²) in [5, 5.41) is 11.5. The lowest BCUT2D eigenvalue weighted by molar-refractivity contribution is -0.140. The van der Waals surface area contributed by atoms with Gasteiger partial charge in [-0.3, -0.25) is 9.59 Å². The van der Waals surface area contributed by atoms with Crippen LogP contribution in [0.4, 0.5) is 0 Å². The molecule has 2 aromatic rings. The second kappa shape index (κ2) is 14.9. The molecule has 1 aliphatic rings. The Bertz CT molecular complexity index is 1230. The van der Waals surface area contributed by atoms with E-state index in [9.17, 15) is 14.7 Å². The van der Waals surface area contributed by atoms with E-state index in [4.69, 9.17) is 14.2 Å². The van der Waals surface area contributed by atoms with Crippen LogP contribution in [0.2, 0.25) is 0 Å². The van der Waals surface area contributed by atoms with Crippen LogP contribution in [-0.2, 0) is 9.59 Å². The van der Waals surface area contributed by atoms with E-state index < -0.39 is 17.7 Å². The van der Waals surface area contributed by atoms with Gasteiger partial charge in [0.05, 0.1) is 31.9 Å². The van der Waals surface area contributed by atoms with Gasteiger partial charge in [-0.2, -0.15) is 0 Å². The first-order chi connectivity index (χ1) is 19.7. The number of aliphatic hydroxyl groups is 1. The lowest BCUT2D eigenvalue weighted by Gasteiger charge is -2.28. The molecular formula is C33H46N2O6. The van der Waals surface area contributed by atoms with Crippen molar-refractivity contribution in [2.24, 2.45) is 5.92 Å². The quantitative estimate of drug-likeness (QED) is 0.161. The molecule has 8 heteroatoms. The molecule has 0 aliphatic carbocycles. The van der Waals surface area contributed by atoms with E-state index in [1.807, 2.05) is 26.0 Å². The van der Waals surface area contributed by atoms with Gasteiger partial charge in [-0.1, -0.05) is 40.7 Å². The van der Waals surface area contributed by atoms with Crippen molar-refractivity contribution in [2.45, 2.75) is 60.4 Å². The molecule has 2 aromatic carbocycles. The van der Waals surface area contributed by atoms with Gasteiger partial charge in [0, 0.05) is 18.7 Å². The summed E-state index contributed by atoms with van der Waals surface area (Å²) in [6.07, 6.45) is 1.78. The number of carbonyl (C=O) groups excluding carboxylic acids is 2. The summed E-state index contributed by atoms with van der Waals surface area (Å²) in [5.74, 6) is 0.787. The number of benzene rings is 2. The van der Waals surface area contributed by atoms with Crippen molar-refractivity contribution in [1.82, 2.24) is 9.80 Å². The Kier molecular flexibility index (Phi) is 11.6. The molecule has 224 valence electrons. The van der Waals surface area contributed by atoms with Crippen molar-refractivity contribution in [3.63, 3.8) is 0 Å². The van der Waals surface area contributed by atoms with Crippen LogP contribution in [0.25, 0.3) is 5.76 Å². The minimum absolute atomic E-state index is 0.0618. The first-order valence-electron chi connectivity index (χ1n) is 14.7. The number of likely N-dealkylation sites (N-methyl/N-ethyl adjacent to an activating group) is 1. The van der Waals surface area contributed by atoms with E-state index in [1.165, 1.54) is 0 Å². The highest BCUT2D eigenvalue weighted by Gasteiger charge is 2.46. The second-order valence-corrected chi connectivity index (χ2v) is 10.8. The first kappa shape index (κ1) is 32.0. The van der Waals surface area contributed by atoms with Crippen LogP contribution >= 0.6 is 0 Å². The molecule has 41 heavy (non-hydrogen) atoms. The number of carbonyl (C=O) groups is 2. The van der Waals surface area contributed by atoms with E-state index in [-0.39, 0.29) is 11.3 Å². The number of nitrogens with zero attached hydrogens (tertiary/aromatic N) is 2. The normalized spacial score (nSPS) is 16.6. The number of likely N-dealkylation sites (tertiary alicyclic amines) is 1. The molecule has 0 bridgehead atoms. The third-order valence-corrected chi connectivity index (χ3v) is 7.46. The van der Waals surface area contributed by atoms with E-state index in [2.05, 4.69) is 32.6 Å². The van der Waals surface area contributed by atoms with Gasteiger partial charge >= 0.3 is 0 Å². The third-order valence-electron chi connectivity index (χ3n) is 7.46. The largest absolute Gasteiger partial charge is 0.507 e. The minimum atomic E-state index is -0.777. The molecule has 1 atom stereocenters. The number of methoxy groups -OCH3 is 1. The van der Waals surface area contributed by atoms with E-state index in [1.54, 1.807) is 36.3 Å². The summed E-state index contributed by atoms with van der Waals surface area (Å²) in [6, 6.07) is 9.97. The van der Waals surface area contributed by atoms with Crippen LogP contribution in [0.3, 0.4) is 0 Å². The first-order valence-corrected chi connectivity index (χ1v) is 14.7. The molecule has 1 fully saturated rings. The van der Waals surface area contributed by atoms with Crippen LogP contribution in [0.5, 0.6) is 17.2 Å². The summed E-state index contributed by atoms with van der Waals surface area (Å²) < 4.78 is 17.4. The van der Waals surface area contributed by atoms with Crippen LogP contribution in [-0.4, -0.2) is 73.1 Å². The maximum Gasteiger partial charge on any atom is 0.295 e. The highest BCUT2D eigenvalue weighted by atomic mass is 16.5. The maximum absolute atomic E-state index is 13.5. The van der Waals surface area contributed by atoms with Gasteiger partial charge in [-0.05, 0) is 80.2 Å². The van der Waals surface area contributed by atoms with Crippen molar-refractivity contribution < 1.29 is 28.9 Å². The third kappa shape index (κ3) is 7.61. The van der Waals surface area contributed by atoms with E-state index in [0.29, 0.717) is 54.8 Å². The lowest BCUT2D eigenvalue weighted by Crippen LogP contribution is -2.38. The number of aliphatic hydroxyl groups excluding tert-OH is 1. The zero-order chi connectivity index (χ0) is 30.1. The number of hydrogen-bond donors (Lipinski definition) is 1. The maximum atomic E-state index is 13.5. The van der Waals surface area contributed by atoms with Gasteiger partial charge in [0.1, 0.15) is 11.5 Å². The number of rotatable bonds is 15. The van der Waals surface area contributed by atoms with Crippen molar-refractivity contribution >= 4 is 17.4 Å². The summed E-state index contributed by atoms with van der Waals surface area (Å²) in [7, 11) is 1.57. The fraction of sp³-hybridized carbons (Fsp3) is 0.515. The standard InChI is InChI=1S/C33H46N2O6/c1-8-18-40-26-13-12-25(20-23(26)6)31(36)29-30(35(33(38)32(29)37)17-16-34(9-2)10-3)24-11-14-27(28(21-24)39-7)41-19-15-22(4)5/h11-14,20-22,30,36H,8-10,15-19H2,1-7H3/b31-29+. The predicted molar refractivity (Wildman–Crippen MR) is 162 cm³/mol. The molecule has 0 radical (unpaired) electrons. The molecule has 1 unspecified atom stereocenters. The average Bonchev–Trinajstić information content (AvgIpc) is 3.21. The zero-order valence-electron chi connectivity index (χ0n) is 25.7. The molecule has 0 aromatic heterocycles. The molecule has 1 aliphatic heterocycles. The van der Waals surface area contributed by atoms with Gasteiger partial charge in [-0.15, -0.1) is 0 Å². The Balaban J connectivity index is 2.09. The SMILES string of the molecule is CCCOc1ccc(/C(O)=C2\C(=O)C(=O)N(CCN(CC)CC)C2c2ccc(OCCC(C)C)c(OC)c2)cc1C. The van der Waals surface area contributed by atoms with Crippen molar-refractivity contribution in [2.75, 3.05) is 46.5 Å². The number of ether oxygens (including phenoxy) is 3. The van der Waals surface area contributed by atoms with Gasteiger partial charge < -0.3 is 29.1 Å². The molecule has 8 nitrogen and oxygen atoms in total. The lowest BCUT2D eigenvalue weighted by atomic mass is 9.94. The highest BCUT2D eigenvalue weighted by molar-refractivity contribution is 6.46. The Hall–Kier alpha value is -3.52. The fourth-order valence-corrected chi connectivity index (χ4v) is 4.95. The Morgan fingerprint density at radius 2 is 1.66 bits per heavy atom. The number of ketones is 1. The molecule has 1 heterocycles. The van der Waals surface area contributed by atoms with Crippen LogP contribution in [0.15, 0.2) is 42.0 Å². The monoisotopic (exact) mass is 566 g/mol. The van der Waals surface area contributed by atoms with Crippen LogP contribution < -0.4 is 14.2 Å². The molecule has 1 saturated heterocycles. The van der Waals surface area contributed by atoms with Gasteiger partial charge in [-0.25, -0.2) is 0 Å². The van der Waals surface area contributed by atoms with Crippen LogP contribution in [0.1, 0.15) is 70.2 Å². The molecule has 0 spiro atoms. The van der Waals surface area contributed by atoms with Gasteiger partial charge in [0.2, 0.25) is 0 Å². The summed E-state index contributed by atoms with van der Waals surface area (Å²) >= 11 is 0. The minimum Gasteiger partial charge on any atom is -0.507 e. The van der Waals surface area contributed by atoms with Gasteiger partial charge in [0.25, 0.3) is 11.7 Å². The molecular weight excluding hydrogens is 520 g/mol. The molecule has 0 saturated carbocycles. The van der Waals surface area contributed by atoms with Gasteiger partial charge in [0.15, 0.2) is 11.5 Å². The molecule has 1 N–H and O–H groups in total. The number of aryl methyl sites for hydroxylation is 1. The van der Waals surface area contributed by atoms with Crippen molar-refractivity contribution in [3.8, 4) is 17.2 Å². The van der Waals surface area contributed by atoms with Crippen molar-refractivity contribution in [3.05, 3.63) is 58.7 Å². The summed E-state index contributed by atoms with van der Waals surface area (Å²) in [6.45, 7) is 16.1. The highest BCUT2D eigenvalue weighted by Crippen LogP contribution is 2.42. The topological polar surface area (TPSA) is 88.5 Å². The van der Waals surface area contributed by atoms with E-state index in [0.717, 1.165) is 37.2 Å². The smallest absolute Gasteiger partial charge is 0.295 e. The molecule has 3 rings (SSSR count). The summed E-state index contributed by atoms with van der Waals surface area (Å²) in [5.41, 5.74) is 2.02. The summed E-state index contributed by atoms with van der Waals surface area (Å²) in [4.78, 5) is 30.7.